The maximum atomic E-state index is 13.7. The number of guanidine groups is 1. The smallest absolute Gasteiger partial charge is 0.246 e. The van der Waals surface area contributed by atoms with E-state index >= 15 is 0 Å². The molecule has 0 bridgehead atoms. The van der Waals surface area contributed by atoms with Crippen LogP contribution in [0.5, 0.6) is 0 Å². The van der Waals surface area contributed by atoms with Gasteiger partial charge in [0.15, 0.2) is 23.4 Å². The number of benzene rings is 1. The molecule has 3 rings (SSSR count). The molecule has 30 heavy (non-hydrogen) atoms. The number of nitrogens with one attached hydrogen (secondary N) is 2. The predicted octanol–water partition coefficient (Wildman–Crippen LogP) is 2.51. The van der Waals surface area contributed by atoms with Crippen molar-refractivity contribution in [3.8, 4) is 0 Å². The predicted molar refractivity (Wildman–Crippen MR) is 117 cm³/mol. The lowest BCUT2D eigenvalue weighted by Gasteiger charge is -2.37. The molecule has 2 N–H and O–H groups in total. The number of ether oxygens (including phenoxy) is 2. The van der Waals surface area contributed by atoms with E-state index in [1.165, 1.54) is 0 Å². The maximum Gasteiger partial charge on any atom is 0.246 e. The Hall–Kier alpha value is -1.60. The number of carbonyl (C=O) groups is 1. The van der Waals surface area contributed by atoms with Gasteiger partial charge in [0.05, 0.1) is 18.4 Å². The first-order valence-corrected chi connectivity index (χ1v) is 9.69. The van der Waals surface area contributed by atoms with Gasteiger partial charge in [0.2, 0.25) is 5.91 Å². The molecule has 2 saturated heterocycles. The van der Waals surface area contributed by atoms with Gasteiger partial charge in [-0.25, -0.2) is 18.2 Å². The molecule has 0 aromatic heterocycles. The van der Waals surface area contributed by atoms with Crippen LogP contribution < -0.4 is 10.6 Å². The van der Waals surface area contributed by atoms with Gasteiger partial charge in [0, 0.05) is 26.2 Å². The van der Waals surface area contributed by atoms with E-state index < -0.39 is 29.0 Å². The van der Waals surface area contributed by atoms with E-state index in [1.54, 1.807) is 0 Å². The maximum absolute atomic E-state index is 13.7. The summed E-state index contributed by atoms with van der Waals surface area (Å²) in [5, 5.41) is 5.34. The van der Waals surface area contributed by atoms with Crippen molar-refractivity contribution in [1.82, 2.24) is 10.2 Å². The summed E-state index contributed by atoms with van der Waals surface area (Å²) >= 11 is 0. The van der Waals surface area contributed by atoms with Crippen molar-refractivity contribution in [3.63, 3.8) is 0 Å². The van der Waals surface area contributed by atoms with Crippen LogP contribution >= 0.6 is 24.0 Å². The standard InChI is InChI=1S/C19H25F3N4O3.HI/c1-2-23-19(26-7-9-29-15(11-26)14-4-3-8-28-14)24-10-16(27)25-13-6-5-12(20)17(21)18(13)22;/h5-6,14-15H,2-4,7-11H2,1H3,(H,23,24)(H,25,27);1H. The minimum absolute atomic E-state index is 0. The first-order valence-electron chi connectivity index (χ1n) is 9.69. The number of anilines is 1. The van der Waals surface area contributed by atoms with Gasteiger partial charge in [-0.15, -0.1) is 24.0 Å². The van der Waals surface area contributed by atoms with Crippen LogP contribution in [-0.4, -0.2) is 68.4 Å². The second kappa shape index (κ2) is 11.7. The van der Waals surface area contributed by atoms with Crippen LogP contribution in [0.25, 0.3) is 0 Å². The Balaban J connectivity index is 0.00000320. The molecule has 1 aromatic carbocycles. The Morgan fingerprint density at radius 1 is 1.20 bits per heavy atom. The van der Waals surface area contributed by atoms with Crippen LogP contribution in [-0.2, 0) is 14.3 Å². The monoisotopic (exact) mass is 542 g/mol. The van der Waals surface area contributed by atoms with Gasteiger partial charge >= 0.3 is 0 Å². The van der Waals surface area contributed by atoms with Crippen LogP contribution in [0.3, 0.4) is 0 Å². The molecule has 7 nitrogen and oxygen atoms in total. The SMILES string of the molecule is CCNC(=NCC(=O)Nc1ccc(F)c(F)c1F)N1CCOC(C2CCCO2)C1.I. The number of carbonyl (C=O) groups excluding carboxylic acids is 1. The third kappa shape index (κ3) is 6.20. The normalized spacial score (nSPS) is 21.9. The fourth-order valence-electron chi connectivity index (χ4n) is 3.37. The minimum Gasteiger partial charge on any atom is -0.375 e. The van der Waals surface area contributed by atoms with Crippen LogP contribution in [0.2, 0.25) is 0 Å². The Kier molecular flexibility index (Phi) is 9.62. The molecule has 1 aromatic rings. The summed E-state index contributed by atoms with van der Waals surface area (Å²) in [6.07, 6.45) is 1.95. The molecule has 0 aliphatic carbocycles. The van der Waals surface area contributed by atoms with Crippen LogP contribution in [0.15, 0.2) is 17.1 Å². The summed E-state index contributed by atoms with van der Waals surface area (Å²) in [6, 6.07) is 1.72. The first-order chi connectivity index (χ1) is 14.0. The molecule has 2 aliphatic rings. The van der Waals surface area contributed by atoms with Gasteiger partial charge in [-0.05, 0) is 31.9 Å². The van der Waals surface area contributed by atoms with Gasteiger partial charge in [-0.3, -0.25) is 4.79 Å². The molecular formula is C19H26F3IN4O3. The van der Waals surface area contributed by atoms with Crippen molar-refractivity contribution >= 4 is 41.5 Å². The third-order valence-corrected chi connectivity index (χ3v) is 4.79. The molecule has 2 aliphatic heterocycles. The Morgan fingerprint density at radius 3 is 2.67 bits per heavy atom. The van der Waals surface area contributed by atoms with E-state index in [0.29, 0.717) is 32.2 Å². The fraction of sp³-hybridized carbons (Fsp3) is 0.579. The third-order valence-electron chi connectivity index (χ3n) is 4.79. The lowest BCUT2D eigenvalue weighted by atomic mass is 10.1. The fourth-order valence-corrected chi connectivity index (χ4v) is 3.37. The summed E-state index contributed by atoms with van der Waals surface area (Å²) in [7, 11) is 0. The summed E-state index contributed by atoms with van der Waals surface area (Å²) < 4.78 is 51.5. The zero-order chi connectivity index (χ0) is 20.8. The van der Waals surface area contributed by atoms with Crippen molar-refractivity contribution in [2.45, 2.75) is 32.0 Å². The lowest BCUT2D eigenvalue weighted by Crippen LogP contribution is -2.53. The average Bonchev–Trinajstić information content (AvgIpc) is 3.26. The largest absolute Gasteiger partial charge is 0.375 e. The molecular weight excluding hydrogens is 516 g/mol. The van der Waals surface area contributed by atoms with Crippen molar-refractivity contribution in [3.05, 3.63) is 29.6 Å². The molecule has 2 fully saturated rings. The van der Waals surface area contributed by atoms with Crippen molar-refractivity contribution in [2.75, 3.05) is 44.7 Å². The number of morpholine rings is 1. The molecule has 0 radical (unpaired) electrons. The number of hydrogen-bond acceptors (Lipinski definition) is 4. The van der Waals surface area contributed by atoms with E-state index in [1.807, 2.05) is 11.8 Å². The van der Waals surface area contributed by atoms with E-state index in [-0.39, 0.29) is 42.7 Å². The number of halogens is 4. The summed E-state index contributed by atoms with van der Waals surface area (Å²) in [4.78, 5) is 18.4. The molecule has 11 heteroatoms. The van der Waals surface area contributed by atoms with E-state index in [0.717, 1.165) is 31.6 Å². The van der Waals surface area contributed by atoms with Crippen molar-refractivity contribution < 1.29 is 27.4 Å². The molecule has 0 spiro atoms. The molecule has 2 heterocycles. The van der Waals surface area contributed by atoms with E-state index in [4.69, 9.17) is 9.47 Å². The number of nitrogens with zero attached hydrogens (tertiary/aromatic N) is 2. The van der Waals surface area contributed by atoms with Crippen LogP contribution in [0, 0.1) is 17.5 Å². The second-order valence-electron chi connectivity index (χ2n) is 6.85. The molecule has 168 valence electrons. The minimum atomic E-state index is -1.63. The lowest BCUT2D eigenvalue weighted by molar-refractivity contribution is -0.114. The molecule has 1 amide bonds. The Bertz CT molecular complexity index is 763. The highest BCUT2D eigenvalue weighted by Gasteiger charge is 2.32. The van der Waals surface area contributed by atoms with E-state index in [9.17, 15) is 18.0 Å². The summed E-state index contributed by atoms with van der Waals surface area (Å²) in [5.41, 5.74) is -0.432. The number of rotatable bonds is 5. The Labute approximate surface area is 190 Å². The highest BCUT2D eigenvalue weighted by Crippen LogP contribution is 2.21. The van der Waals surface area contributed by atoms with Crippen LogP contribution in [0.1, 0.15) is 19.8 Å². The molecule has 2 unspecified atom stereocenters. The topological polar surface area (TPSA) is 75.2 Å². The van der Waals surface area contributed by atoms with Gasteiger partial charge in [-0.2, -0.15) is 0 Å². The van der Waals surface area contributed by atoms with E-state index in [2.05, 4.69) is 15.6 Å². The van der Waals surface area contributed by atoms with Gasteiger partial charge in [-0.1, -0.05) is 0 Å². The summed E-state index contributed by atoms with van der Waals surface area (Å²) in [5.74, 6) is -4.51. The summed E-state index contributed by atoms with van der Waals surface area (Å²) in [6.45, 7) is 4.64. The van der Waals surface area contributed by atoms with Gasteiger partial charge < -0.3 is 25.0 Å². The van der Waals surface area contributed by atoms with Gasteiger partial charge in [0.1, 0.15) is 12.6 Å². The van der Waals surface area contributed by atoms with Crippen molar-refractivity contribution in [1.29, 1.82) is 0 Å². The highest BCUT2D eigenvalue weighted by atomic mass is 127. The zero-order valence-corrected chi connectivity index (χ0v) is 19.0. The number of hydrogen-bond donors (Lipinski definition) is 2. The number of amides is 1. The average molecular weight is 542 g/mol. The molecule has 0 saturated carbocycles. The zero-order valence-electron chi connectivity index (χ0n) is 16.6. The van der Waals surface area contributed by atoms with Gasteiger partial charge in [0.25, 0.3) is 0 Å². The van der Waals surface area contributed by atoms with Crippen molar-refractivity contribution in [2.24, 2.45) is 4.99 Å². The molecule has 2 atom stereocenters. The number of aliphatic imine (C=N–C) groups is 1. The second-order valence-corrected chi connectivity index (χ2v) is 6.85. The quantitative estimate of drug-likeness (QED) is 0.259. The first kappa shape index (κ1) is 24.7. The van der Waals surface area contributed by atoms with Crippen LogP contribution in [0.4, 0.5) is 18.9 Å². The highest BCUT2D eigenvalue weighted by molar-refractivity contribution is 14.0. The Morgan fingerprint density at radius 2 is 1.97 bits per heavy atom.